The van der Waals surface area contributed by atoms with E-state index in [1.54, 1.807) is 60.1 Å². The Balaban J connectivity index is 0.000000539. The minimum Gasteiger partial charge on any atom is -0.444 e. The minimum absolute atomic E-state index is 0. The number of ether oxygens (including phenoxy) is 2. The molecule has 6 aliphatic heterocycles. The molecule has 10 rings (SSSR count). The summed E-state index contributed by atoms with van der Waals surface area (Å²) in [6, 6.07) is 33.8. The van der Waals surface area contributed by atoms with Crippen LogP contribution in [0.2, 0.25) is 0 Å². The van der Waals surface area contributed by atoms with Crippen molar-refractivity contribution in [1.82, 2.24) is 59.2 Å². The average Bonchev–Trinajstić information content (AvgIpc) is 1.01. The molecule has 4 aromatic rings. The molecule has 0 saturated carbocycles. The van der Waals surface area contributed by atoms with E-state index in [4.69, 9.17) is 9.47 Å². The van der Waals surface area contributed by atoms with Crippen LogP contribution in [0, 0.1) is 0 Å². The standard InChI is InChI=1S/C34H39F3N4O2.C25H40N4O3.C16H30N4O3.3CH4.3H2S/c1-38(32(42)28-12-10-26(11-13-28)27-14-16-29(17-15-27)34(35,36)37)31-19-22-41(24-31)33(43)39(2)30-18-21-40(23-30)20-6-9-25-7-4-3-5-8-25;1-25(2,3)32-24(31)27(5)22-14-17-29(19-22)23(30)26(4)21-13-16-28(18-21)15-9-12-20-10-7-6-8-11-20;1-16(2,3)23-15(22)19(5)13-7-9-20(11-13)14(21)18(4)12-6-8-17-10-12;;;;;;/h3-5,7-8,10-17,30-31H,6,9,18-24H2,1-2H3;6-8,10-11,21-22H,9,12-19H2,1-5H3;12-13,17H,6-11H2,1-5H3;3*1H4;3*1H2/t30?,31-;21?,22-;12-,13+;;;;;;/m001....../s1. The number of carbonyl (C=O) groups excluding carboxylic acids is 6. The molecule has 0 bridgehead atoms. The van der Waals surface area contributed by atoms with E-state index in [2.05, 4.69) is 69.7 Å². The van der Waals surface area contributed by atoms with Crippen LogP contribution in [-0.4, -0.2) is 271 Å². The Morgan fingerprint density at radius 2 is 0.769 bits per heavy atom. The molecule has 104 heavy (non-hydrogen) atoms. The van der Waals surface area contributed by atoms with E-state index in [0.717, 1.165) is 128 Å². The number of carbonyl (C=O) groups is 6. The molecule has 0 radical (unpaired) electrons. The Kier molecular flexibility index (Phi) is 38.4. The van der Waals surface area contributed by atoms with Gasteiger partial charge in [-0.1, -0.05) is 107 Å². The third kappa shape index (κ3) is 27.0. The average molecular weight is 1510 g/mol. The SMILES string of the molecule is C.C.C.CN(C(=O)N1CC[C@H](N(C)C(=O)OC(C)(C)C)C1)C1CCN(CCCc2ccccc2)C1.CN(C(=O)N1CC[C@H](N(C)C(=O)c2ccc(-c3ccc(C(F)(F)F)cc3)cc2)C1)C1CCN(CCCc2ccccc2)C1.CN(C(=O)OC(C)(C)C)[C@H]1CCN(C(=O)N(C)[C@@H]2CCNC2)C1.S.S.S. The molecule has 2 unspecified atom stereocenters. The van der Waals surface area contributed by atoms with Gasteiger partial charge in [0.05, 0.1) is 23.7 Å². The van der Waals surface area contributed by atoms with Crippen molar-refractivity contribution in [3.63, 3.8) is 0 Å². The van der Waals surface area contributed by atoms with Crippen molar-refractivity contribution in [3.05, 3.63) is 131 Å². The molecule has 0 aromatic heterocycles. The Bertz CT molecular complexity index is 3240. The normalized spacial score (nSPS) is 20.0. The zero-order valence-corrected chi connectivity index (χ0v) is 64.6. The number of rotatable bonds is 16. The monoisotopic (exact) mass is 1510 g/mol. The summed E-state index contributed by atoms with van der Waals surface area (Å²) in [5.74, 6) is -0.145. The van der Waals surface area contributed by atoms with Crippen LogP contribution >= 0.6 is 40.5 Å². The van der Waals surface area contributed by atoms with E-state index >= 15 is 0 Å². The van der Waals surface area contributed by atoms with Gasteiger partial charge >= 0.3 is 36.5 Å². The third-order valence-corrected chi connectivity index (χ3v) is 19.9. The molecule has 6 aliphatic rings. The van der Waals surface area contributed by atoms with Crippen LogP contribution < -0.4 is 5.32 Å². The molecule has 6 heterocycles. The minimum atomic E-state index is -4.38. The third-order valence-electron chi connectivity index (χ3n) is 19.9. The lowest BCUT2D eigenvalue weighted by atomic mass is 10.0. The molecule has 26 heteroatoms. The van der Waals surface area contributed by atoms with Crippen molar-refractivity contribution in [2.75, 3.05) is 134 Å². The molecule has 20 nitrogen and oxygen atoms in total. The van der Waals surface area contributed by atoms with Crippen LogP contribution in [0.25, 0.3) is 11.1 Å². The number of nitrogens with one attached hydrogen (secondary N) is 1. The van der Waals surface area contributed by atoms with Crippen molar-refractivity contribution in [3.8, 4) is 11.1 Å². The fourth-order valence-corrected chi connectivity index (χ4v) is 13.8. The quantitative estimate of drug-likeness (QED) is 0.113. The summed E-state index contributed by atoms with van der Waals surface area (Å²) in [5.41, 5.74) is 2.90. The number of likely N-dealkylation sites (tertiary alicyclic amines) is 5. The predicted octanol–water partition coefficient (Wildman–Crippen LogP) is 13.6. The van der Waals surface area contributed by atoms with Gasteiger partial charge in [0.15, 0.2) is 0 Å². The molecule has 586 valence electrons. The van der Waals surface area contributed by atoms with E-state index < -0.39 is 22.9 Å². The number of hydrogen-bond acceptors (Lipinski definition) is 11. The first-order chi connectivity index (χ1) is 46.4. The predicted molar refractivity (Wildman–Crippen MR) is 428 cm³/mol. The number of alkyl halides is 3. The van der Waals surface area contributed by atoms with Gasteiger partial charge in [-0.05, 0) is 172 Å². The number of halogens is 3. The number of likely N-dealkylation sites (N-methyl/N-ethyl adjacent to an activating group) is 6. The molecule has 6 fully saturated rings. The maximum Gasteiger partial charge on any atom is 0.416 e. The summed E-state index contributed by atoms with van der Waals surface area (Å²) in [6.07, 6.45) is 4.61. The highest BCUT2D eigenvalue weighted by Gasteiger charge is 2.40. The molecule has 6 atom stereocenters. The smallest absolute Gasteiger partial charge is 0.416 e. The van der Waals surface area contributed by atoms with Gasteiger partial charge in [-0.25, -0.2) is 24.0 Å². The molecule has 0 spiro atoms. The maximum absolute atomic E-state index is 13.4. The van der Waals surface area contributed by atoms with Crippen molar-refractivity contribution in [2.24, 2.45) is 0 Å². The van der Waals surface area contributed by atoms with Crippen LogP contribution in [0.3, 0.4) is 0 Å². The number of nitrogens with zero attached hydrogens (tertiary/aromatic N) is 11. The Hall–Kier alpha value is -6.58. The topological polar surface area (TPSA) is 169 Å². The fourth-order valence-electron chi connectivity index (χ4n) is 13.8. The number of aryl methyl sites for hydroxylation is 2. The van der Waals surface area contributed by atoms with E-state index in [9.17, 15) is 41.9 Å². The lowest BCUT2D eigenvalue weighted by molar-refractivity contribution is -0.137. The lowest BCUT2D eigenvalue weighted by Crippen LogP contribution is -2.48. The zero-order chi connectivity index (χ0) is 71.1. The summed E-state index contributed by atoms with van der Waals surface area (Å²) in [4.78, 5) is 97.9. The highest BCUT2D eigenvalue weighted by atomic mass is 32.1. The molecule has 1 N–H and O–H groups in total. The first-order valence-corrected chi connectivity index (χ1v) is 35.2. The second-order valence-electron chi connectivity index (χ2n) is 29.4. The zero-order valence-electron chi connectivity index (χ0n) is 61.6. The second kappa shape index (κ2) is 42.7. The molecular weight excluding hydrogens is 1390 g/mol. The van der Waals surface area contributed by atoms with Crippen LogP contribution in [0.4, 0.5) is 37.1 Å². The summed E-state index contributed by atoms with van der Waals surface area (Å²) in [7, 11) is 11.0. The van der Waals surface area contributed by atoms with Crippen LogP contribution in [0.5, 0.6) is 0 Å². The molecule has 9 amide bonds. The van der Waals surface area contributed by atoms with Crippen LogP contribution in [-0.2, 0) is 28.5 Å². The first-order valence-electron chi connectivity index (χ1n) is 35.2. The van der Waals surface area contributed by atoms with E-state index in [-0.39, 0.29) is 135 Å². The van der Waals surface area contributed by atoms with Crippen molar-refractivity contribution in [2.45, 2.75) is 182 Å². The summed E-state index contributed by atoms with van der Waals surface area (Å²) >= 11 is 0. The van der Waals surface area contributed by atoms with Crippen LogP contribution in [0.15, 0.2) is 109 Å². The highest BCUT2D eigenvalue weighted by molar-refractivity contribution is 7.59. The largest absolute Gasteiger partial charge is 0.444 e. The maximum atomic E-state index is 13.4. The van der Waals surface area contributed by atoms with E-state index in [1.165, 1.54) is 23.3 Å². The highest BCUT2D eigenvalue weighted by Crippen LogP contribution is 2.32. The lowest BCUT2D eigenvalue weighted by Gasteiger charge is -2.31. The van der Waals surface area contributed by atoms with Gasteiger partial charge in [-0.2, -0.15) is 53.7 Å². The van der Waals surface area contributed by atoms with E-state index in [0.29, 0.717) is 56.8 Å². The van der Waals surface area contributed by atoms with Gasteiger partial charge in [0, 0.05) is 138 Å². The van der Waals surface area contributed by atoms with Crippen molar-refractivity contribution in [1.29, 1.82) is 0 Å². The second-order valence-corrected chi connectivity index (χ2v) is 29.4. The number of amides is 9. The molecule has 4 aromatic carbocycles. The molecule has 0 aliphatic carbocycles. The first kappa shape index (κ1) is 93.5. The van der Waals surface area contributed by atoms with Crippen LogP contribution in [0.1, 0.15) is 142 Å². The van der Waals surface area contributed by atoms with E-state index in [1.807, 2.05) is 98.2 Å². The fraction of sp³-hybridized carbons (Fsp3) is 0.615. The van der Waals surface area contributed by atoms with Crippen molar-refractivity contribution < 1.29 is 51.4 Å². The van der Waals surface area contributed by atoms with Crippen molar-refractivity contribution >= 4 is 76.7 Å². The van der Waals surface area contributed by atoms with Gasteiger partial charge in [0.2, 0.25) is 0 Å². The Labute approximate surface area is 641 Å². The number of urea groups is 3. The summed E-state index contributed by atoms with van der Waals surface area (Å²) in [6.45, 7) is 22.5. The summed E-state index contributed by atoms with van der Waals surface area (Å²) in [5, 5.41) is 3.28. The van der Waals surface area contributed by atoms with Gasteiger partial charge in [0.25, 0.3) is 5.91 Å². The van der Waals surface area contributed by atoms with Gasteiger partial charge < -0.3 is 68.7 Å². The van der Waals surface area contributed by atoms with Gasteiger partial charge in [0.1, 0.15) is 11.2 Å². The molecule has 6 saturated heterocycles. The number of benzene rings is 4. The molecular formula is C78H127F3N12O8S3. The Morgan fingerprint density at radius 3 is 1.12 bits per heavy atom. The van der Waals surface area contributed by atoms with Gasteiger partial charge in [-0.3, -0.25) is 4.79 Å². The van der Waals surface area contributed by atoms with Gasteiger partial charge in [-0.15, -0.1) is 0 Å². The Morgan fingerprint density at radius 1 is 0.433 bits per heavy atom. The summed E-state index contributed by atoms with van der Waals surface area (Å²) < 4.78 is 49.5. The number of hydrogen-bond donors (Lipinski definition) is 1.